The molecule has 0 saturated carbocycles. The molecule has 1 unspecified atom stereocenters. The molecule has 10 heteroatoms. The lowest BCUT2D eigenvalue weighted by molar-refractivity contribution is -0.125. The SMILES string of the molecule is COC12CCNC(=O)C(N)CCC/C=C\CNS(=O)(=O)c3cccc(c3)C(=O)N(C1)C2. The van der Waals surface area contributed by atoms with Gasteiger partial charge in [0.2, 0.25) is 15.9 Å². The highest BCUT2D eigenvalue weighted by Gasteiger charge is 2.45. The van der Waals surface area contributed by atoms with E-state index in [1.807, 2.05) is 6.08 Å². The molecule has 4 rings (SSSR count). The van der Waals surface area contributed by atoms with E-state index in [4.69, 9.17) is 10.5 Å². The summed E-state index contributed by atoms with van der Waals surface area (Å²) < 4.78 is 33.3. The van der Waals surface area contributed by atoms with Gasteiger partial charge >= 0.3 is 0 Å². The van der Waals surface area contributed by atoms with Crippen LogP contribution in [0, 0.1) is 0 Å². The first-order valence-corrected chi connectivity index (χ1v) is 11.9. The Kier molecular flexibility index (Phi) is 7.47. The van der Waals surface area contributed by atoms with Crippen LogP contribution in [0.25, 0.3) is 0 Å². The molecule has 31 heavy (non-hydrogen) atoms. The number of methoxy groups -OCH3 is 1. The molecule has 0 spiro atoms. The monoisotopic (exact) mass is 450 g/mol. The van der Waals surface area contributed by atoms with Crippen molar-refractivity contribution in [2.24, 2.45) is 5.73 Å². The molecule has 1 saturated heterocycles. The number of nitrogens with zero attached hydrogens (tertiary/aromatic N) is 1. The largest absolute Gasteiger partial charge is 0.374 e. The Morgan fingerprint density at radius 1 is 1.23 bits per heavy atom. The molecule has 0 radical (unpaired) electrons. The van der Waals surface area contributed by atoms with Crippen LogP contribution in [-0.2, 0) is 19.6 Å². The number of rotatable bonds is 1. The van der Waals surface area contributed by atoms with Crippen LogP contribution in [0.5, 0.6) is 0 Å². The van der Waals surface area contributed by atoms with E-state index in [1.54, 1.807) is 30.2 Å². The van der Waals surface area contributed by atoms with Crippen LogP contribution >= 0.6 is 0 Å². The number of carbonyl (C=O) groups is 2. The first kappa shape index (κ1) is 23.4. The lowest BCUT2D eigenvalue weighted by Gasteiger charge is -2.49. The number of nitrogens with one attached hydrogen (secondary N) is 2. The normalized spacial score (nSPS) is 25.7. The van der Waals surface area contributed by atoms with Gasteiger partial charge in [0.1, 0.15) is 5.60 Å². The smallest absolute Gasteiger partial charge is 0.254 e. The summed E-state index contributed by atoms with van der Waals surface area (Å²) in [7, 11) is -2.16. The van der Waals surface area contributed by atoms with Gasteiger partial charge in [-0.2, -0.15) is 0 Å². The molecule has 9 nitrogen and oxygen atoms in total. The number of hydrogen-bond acceptors (Lipinski definition) is 6. The lowest BCUT2D eigenvalue weighted by atomic mass is 9.89. The molecule has 2 amide bonds. The van der Waals surface area contributed by atoms with E-state index < -0.39 is 21.7 Å². The second kappa shape index (κ2) is 9.90. The summed E-state index contributed by atoms with van der Waals surface area (Å²) in [6.45, 7) is 1.27. The fourth-order valence-corrected chi connectivity index (χ4v) is 4.76. The molecule has 0 aliphatic carbocycles. The van der Waals surface area contributed by atoms with Gasteiger partial charge in [0.15, 0.2) is 0 Å². The Bertz CT molecular complexity index is 941. The maximum Gasteiger partial charge on any atom is 0.254 e. The molecule has 1 aromatic rings. The molecular weight excluding hydrogens is 420 g/mol. The molecule has 4 bridgehead atoms. The Morgan fingerprint density at radius 3 is 2.74 bits per heavy atom. The zero-order valence-electron chi connectivity index (χ0n) is 17.7. The van der Waals surface area contributed by atoms with Crippen LogP contribution in [0.2, 0.25) is 0 Å². The zero-order valence-corrected chi connectivity index (χ0v) is 18.5. The van der Waals surface area contributed by atoms with Gasteiger partial charge in [-0.3, -0.25) is 9.59 Å². The van der Waals surface area contributed by atoms with Gasteiger partial charge < -0.3 is 20.7 Å². The average Bonchev–Trinajstić information content (AvgIpc) is 2.73. The topological polar surface area (TPSA) is 131 Å². The quantitative estimate of drug-likeness (QED) is 0.530. The van der Waals surface area contributed by atoms with E-state index in [-0.39, 0.29) is 23.3 Å². The van der Waals surface area contributed by atoms with Crippen LogP contribution in [-0.4, -0.2) is 70.1 Å². The molecule has 1 fully saturated rings. The minimum atomic E-state index is -3.74. The fraction of sp³-hybridized carbons (Fsp3) is 0.524. The first-order valence-electron chi connectivity index (χ1n) is 10.4. The van der Waals surface area contributed by atoms with Crippen molar-refractivity contribution in [1.82, 2.24) is 14.9 Å². The standard InChI is InChI=1S/C21H30N4O5S/c1-30-21-10-12-23-19(26)18(22)9-4-2-3-5-11-24-31(28,29)17-8-6-7-16(13-17)20(27)25(14-21)15-21/h3,5-8,13,18,24H,2,4,9-12,14-15,22H2,1H3,(H,23,26)/b5-3-. The van der Waals surface area contributed by atoms with Gasteiger partial charge in [0.25, 0.3) is 5.91 Å². The first-order chi connectivity index (χ1) is 14.8. The van der Waals surface area contributed by atoms with E-state index in [0.717, 1.165) is 6.42 Å². The third-order valence-electron chi connectivity index (χ3n) is 5.73. The number of allylic oxidation sites excluding steroid dienone is 1. The number of hydrogen-bond donors (Lipinski definition) is 3. The van der Waals surface area contributed by atoms with Crippen molar-refractivity contribution >= 4 is 21.8 Å². The third-order valence-corrected chi connectivity index (χ3v) is 7.15. The fourth-order valence-electron chi connectivity index (χ4n) is 3.73. The molecule has 1 aromatic carbocycles. The predicted molar refractivity (Wildman–Crippen MR) is 116 cm³/mol. The van der Waals surface area contributed by atoms with Gasteiger partial charge in [0, 0.05) is 25.8 Å². The van der Waals surface area contributed by atoms with Crippen molar-refractivity contribution in [2.75, 3.05) is 33.3 Å². The number of nitrogens with two attached hydrogens (primary N) is 1. The van der Waals surface area contributed by atoms with Gasteiger partial charge in [-0.25, -0.2) is 13.1 Å². The summed E-state index contributed by atoms with van der Waals surface area (Å²) in [5.41, 5.74) is 5.72. The van der Waals surface area contributed by atoms with Gasteiger partial charge in [0.05, 0.1) is 24.0 Å². The van der Waals surface area contributed by atoms with Crippen molar-refractivity contribution in [3.63, 3.8) is 0 Å². The van der Waals surface area contributed by atoms with Gasteiger partial charge in [-0.15, -0.1) is 0 Å². The molecule has 3 aliphatic rings. The van der Waals surface area contributed by atoms with Crippen molar-refractivity contribution < 1.29 is 22.7 Å². The Morgan fingerprint density at radius 2 is 2.00 bits per heavy atom. The summed E-state index contributed by atoms with van der Waals surface area (Å²) >= 11 is 0. The minimum absolute atomic E-state index is 0.0494. The molecule has 3 heterocycles. The lowest BCUT2D eigenvalue weighted by Crippen LogP contribution is -2.65. The van der Waals surface area contributed by atoms with E-state index >= 15 is 0 Å². The van der Waals surface area contributed by atoms with E-state index in [2.05, 4.69) is 10.0 Å². The average molecular weight is 451 g/mol. The van der Waals surface area contributed by atoms with Crippen molar-refractivity contribution in [2.45, 2.75) is 42.2 Å². The number of fused-ring (bicyclic) bond motifs is 11. The second-order valence-corrected chi connectivity index (χ2v) is 9.74. The van der Waals surface area contributed by atoms with Crippen molar-refractivity contribution in [3.05, 3.63) is 42.0 Å². The third kappa shape index (κ3) is 5.70. The van der Waals surface area contributed by atoms with Crippen LogP contribution in [0.15, 0.2) is 41.3 Å². The molecule has 170 valence electrons. The van der Waals surface area contributed by atoms with E-state index in [1.165, 1.54) is 12.1 Å². The number of amides is 2. The Labute approximate surface area is 183 Å². The summed E-state index contributed by atoms with van der Waals surface area (Å²) in [6.07, 6.45) is 6.07. The second-order valence-electron chi connectivity index (χ2n) is 7.98. The summed E-state index contributed by atoms with van der Waals surface area (Å²) in [5, 5.41) is 2.85. The molecular formula is C21H30N4O5S. The summed E-state index contributed by atoms with van der Waals surface area (Å²) in [6, 6.07) is 5.42. The summed E-state index contributed by atoms with van der Waals surface area (Å²) in [5.74, 6) is -0.466. The molecule has 3 aliphatic heterocycles. The van der Waals surface area contributed by atoms with E-state index in [9.17, 15) is 18.0 Å². The summed E-state index contributed by atoms with van der Waals surface area (Å²) in [4.78, 5) is 26.7. The Balaban J connectivity index is 1.78. The number of carbonyl (C=O) groups excluding carboxylic acids is 2. The highest BCUT2D eigenvalue weighted by Crippen LogP contribution is 2.29. The highest BCUT2D eigenvalue weighted by molar-refractivity contribution is 7.89. The predicted octanol–water partition coefficient (Wildman–Crippen LogP) is 0.380. The number of ether oxygens (including phenoxy) is 1. The van der Waals surface area contributed by atoms with Crippen molar-refractivity contribution in [1.29, 1.82) is 0 Å². The molecule has 4 N–H and O–H groups in total. The highest BCUT2D eigenvalue weighted by atomic mass is 32.2. The zero-order chi connectivity index (χ0) is 22.5. The minimum Gasteiger partial charge on any atom is -0.374 e. The van der Waals surface area contributed by atoms with Crippen LogP contribution < -0.4 is 15.8 Å². The molecule has 1 atom stereocenters. The van der Waals surface area contributed by atoms with Crippen LogP contribution in [0.4, 0.5) is 0 Å². The maximum atomic E-state index is 12.8. The van der Waals surface area contributed by atoms with Crippen molar-refractivity contribution in [3.8, 4) is 0 Å². The van der Waals surface area contributed by atoms with E-state index in [0.29, 0.717) is 44.5 Å². The number of sulfonamides is 1. The van der Waals surface area contributed by atoms with Crippen LogP contribution in [0.1, 0.15) is 36.0 Å². The Hall–Kier alpha value is -2.27. The van der Waals surface area contributed by atoms with Crippen LogP contribution in [0.3, 0.4) is 0 Å². The van der Waals surface area contributed by atoms with Gasteiger partial charge in [-0.1, -0.05) is 18.2 Å². The molecule has 0 aromatic heterocycles. The van der Waals surface area contributed by atoms with Gasteiger partial charge in [-0.05, 0) is 43.9 Å². The maximum absolute atomic E-state index is 12.8. The number of benzene rings is 1.